The molecule has 0 radical (unpaired) electrons. The topological polar surface area (TPSA) is 75.9 Å². The molecule has 1 saturated heterocycles. The fraction of sp³-hybridized carbons (Fsp3) is 0.200. The van der Waals surface area contributed by atoms with Gasteiger partial charge in [0.25, 0.3) is 0 Å². The molecule has 5 aromatic rings. The van der Waals surface area contributed by atoms with Gasteiger partial charge < -0.3 is 10.2 Å². The molecule has 1 aliphatic rings. The number of nitrogens with zero attached hydrogens (tertiary/aromatic N) is 5. The van der Waals surface area contributed by atoms with Crippen molar-refractivity contribution >= 4 is 46.1 Å². The molecule has 1 N–H and O–H groups in total. The van der Waals surface area contributed by atoms with E-state index in [0.29, 0.717) is 40.1 Å². The van der Waals surface area contributed by atoms with Gasteiger partial charge in [0.05, 0.1) is 11.4 Å². The molecule has 0 bridgehead atoms. The van der Waals surface area contributed by atoms with Crippen LogP contribution in [0.15, 0.2) is 79.1 Å². The zero-order valence-electron chi connectivity index (χ0n) is 21.4. The van der Waals surface area contributed by atoms with Gasteiger partial charge in [-0.05, 0) is 66.9 Å². The SMILES string of the molecule is O=C(Cc1ccc(F)cc1)NC1CCN(c2ncnc3c2nc(-c2ccccc2Cl)n3-c2ccc(Cl)cc2)CC1. The number of carbonyl (C=O) groups is 1. The summed E-state index contributed by atoms with van der Waals surface area (Å²) >= 11 is 12.8. The van der Waals surface area contributed by atoms with Crippen molar-refractivity contribution in [2.24, 2.45) is 0 Å². The Hall–Kier alpha value is -4.01. The second-order valence-electron chi connectivity index (χ2n) is 9.73. The number of rotatable bonds is 6. The number of hydrogen-bond acceptors (Lipinski definition) is 5. The third-order valence-electron chi connectivity index (χ3n) is 7.06. The summed E-state index contributed by atoms with van der Waals surface area (Å²) in [5.41, 5.74) is 3.76. The Kier molecular flexibility index (Phi) is 7.36. The van der Waals surface area contributed by atoms with E-state index in [4.69, 9.17) is 28.2 Å². The first-order valence-electron chi connectivity index (χ1n) is 13.0. The summed E-state index contributed by atoms with van der Waals surface area (Å²) in [6, 6.07) is 21.1. The molecular weight excluding hydrogens is 550 g/mol. The number of amides is 1. The average Bonchev–Trinajstić information content (AvgIpc) is 3.35. The van der Waals surface area contributed by atoms with Gasteiger partial charge in [-0.3, -0.25) is 9.36 Å². The number of piperidine rings is 1. The predicted octanol–water partition coefficient (Wildman–Crippen LogP) is 6.26. The van der Waals surface area contributed by atoms with Crippen molar-refractivity contribution in [3.63, 3.8) is 0 Å². The maximum absolute atomic E-state index is 13.2. The minimum absolute atomic E-state index is 0.0480. The van der Waals surface area contributed by atoms with E-state index in [2.05, 4.69) is 20.2 Å². The molecule has 0 aliphatic carbocycles. The highest BCUT2D eigenvalue weighted by Crippen LogP contribution is 2.35. The van der Waals surface area contributed by atoms with Gasteiger partial charge in [0.1, 0.15) is 18.0 Å². The monoisotopic (exact) mass is 574 g/mol. The first-order chi connectivity index (χ1) is 19.5. The van der Waals surface area contributed by atoms with Crippen molar-refractivity contribution < 1.29 is 9.18 Å². The van der Waals surface area contributed by atoms with Crippen molar-refractivity contribution in [1.29, 1.82) is 0 Å². The van der Waals surface area contributed by atoms with Crippen molar-refractivity contribution in [2.75, 3.05) is 18.0 Å². The number of halogens is 3. The first-order valence-corrected chi connectivity index (χ1v) is 13.7. The van der Waals surface area contributed by atoms with Gasteiger partial charge in [-0.1, -0.05) is 47.5 Å². The highest BCUT2D eigenvalue weighted by atomic mass is 35.5. The van der Waals surface area contributed by atoms with Gasteiger partial charge in [0.2, 0.25) is 5.91 Å². The summed E-state index contributed by atoms with van der Waals surface area (Å²) in [6.07, 6.45) is 3.30. The van der Waals surface area contributed by atoms with Crippen LogP contribution < -0.4 is 10.2 Å². The Labute approximate surface area is 240 Å². The van der Waals surface area contributed by atoms with Crippen LogP contribution >= 0.6 is 23.2 Å². The number of benzene rings is 3. The fourth-order valence-electron chi connectivity index (χ4n) is 5.07. The van der Waals surface area contributed by atoms with Crippen LogP contribution in [0.25, 0.3) is 28.2 Å². The van der Waals surface area contributed by atoms with E-state index in [1.807, 2.05) is 53.1 Å². The molecule has 1 amide bonds. The molecule has 0 spiro atoms. The van der Waals surface area contributed by atoms with Gasteiger partial charge in [-0.2, -0.15) is 0 Å². The number of hydrogen-bond donors (Lipinski definition) is 1. The van der Waals surface area contributed by atoms with Gasteiger partial charge in [0, 0.05) is 35.4 Å². The van der Waals surface area contributed by atoms with Crippen LogP contribution in [0.5, 0.6) is 0 Å². The Morgan fingerprint density at radius 1 is 0.950 bits per heavy atom. The lowest BCUT2D eigenvalue weighted by atomic mass is 10.0. The summed E-state index contributed by atoms with van der Waals surface area (Å²) < 4.78 is 15.1. The molecule has 2 aromatic heterocycles. The van der Waals surface area contributed by atoms with Crippen LogP contribution in [0.2, 0.25) is 10.0 Å². The lowest BCUT2D eigenvalue weighted by Crippen LogP contribution is -2.45. The predicted molar refractivity (Wildman–Crippen MR) is 156 cm³/mol. The lowest BCUT2D eigenvalue weighted by Gasteiger charge is -2.33. The molecule has 0 unspecified atom stereocenters. The Morgan fingerprint density at radius 3 is 2.40 bits per heavy atom. The fourth-order valence-corrected chi connectivity index (χ4v) is 5.42. The van der Waals surface area contributed by atoms with E-state index < -0.39 is 0 Å². The smallest absolute Gasteiger partial charge is 0.224 e. The van der Waals surface area contributed by atoms with Gasteiger partial charge in [-0.15, -0.1) is 0 Å². The summed E-state index contributed by atoms with van der Waals surface area (Å²) in [4.78, 5) is 29.0. The molecule has 0 saturated carbocycles. The summed E-state index contributed by atoms with van der Waals surface area (Å²) in [6.45, 7) is 1.39. The quantitative estimate of drug-likeness (QED) is 0.259. The number of aromatic nitrogens is 4. The van der Waals surface area contributed by atoms with Crippen LogP contribution in [0, 0.1) is 5.82 Å². The highest BCUT2D eigenvalue weighted by molar-refractivity contribution is 6.33. The van der Waals surface area contributed by atoms with E-state index >= 15 is 0 Å². The number of carbonyl (C=O) groups excluding carboxylic acids is 1. The van der Waals surface area contributed by atoms with E-state index in [9.17, 15) is 9.18 Å². The number of anilines is 1. The van der Waals surface area contributed by atoms with Crippen LogP contribution in [0.1, 0.15) is 18.4 Å². The van der Waals surface area contributed by atoms with Crippen LogP contribution in [0.3, 0.4) is 0 Å². The highest BCUT2D eigenvalue weighted by Gasteiger charge is 2.26. The molecule has 0 atom stereocenters. The first kappa shape index (κ1) is 26.2. The second kappa shape index (κ2) is 11.2. The third kappa shape index (κ3) is 5.37. The summed E-state index contributed by atoms with van der Waals surface area (Å²) in [5, 5.41) is 4.34. The Morgan fingerprint density at radius 2 is 1.68 bits per heavy atom. The van der Waals surface area contributed by atoms with E-state index in [1.54, 1.807) is 18.5 Å². The zero-order chi connectivity index (χ0) is 27.6. The second-order valence-corrected chi connectivity index (χ2v) is 10.6. The standard InChI is InChI=1S/C30H25Cl2FN6O/c31-20-7-11-23(12-8-20)39-28(24-3-1-2-4-25(24)32)37-27-29(34-18-35-30(27)39)38-15-13-22(14-16-38)36-26(40)17-19-5-9-21(33)10-6-19/h1-12,18,22H,13-17H2,(H,36,40). The molecule has 6 rings (SSSR count). The normalized spacial score (nSPS) is 14.0. The minimum Gasteiger partial charge on any atom is -0.355 e. The molecular formula is C30H25Cl2FN6O. The number of fused-ring (bicyclic) bond motifs is 1. The third-order valence-corrected chi connectivity index (χ3v) is 7.64. The Bertz CT molecular complexity index is 1660. The summed E-state index contributed by atoms with van der Waals surface area (Å²) in [5.74, 6) is 1.02. The molecule has 1 aliphatic heterocycles. The minimum atomic E-state index is -0.313. The van der Waals surface area contributed by atoms with Crippen molar-refractivity contribution in [3.05, 3.63) is 101 Å². The van der Waals surface area contributed by atoms with Crippen molar-refractivity contribution in [2.45, 2.75) is 25.3 Å². The van der Waals surface area contributed by atoms with E-state index in [-0.39, 0.29) is 24.2 Å². The van der Waals surface area contributed by atoms with E-state index in [0.717, 1.165) is 35.5 Å². The van der Waals surface area contributed by atoms with Gasteiger partial charge in [0.15, 0.2) is 17.0 Å². The molecule has 202 valence electrons. The van der Waals surface area contributed by atoms with Crippen LogP contribution in [-0.4, -0.2) is 44.6 Å². The Balaban J connectivity index is 1.26. The van der Waals surface area contributed by atoms with Crippen LogP contribution in [-0.2, 0) is 11.2 Å². The molecule has 1 fully saturated rings. The van der Waals surface area contributed by atoms with E-state index in [1.165, 1.54) is 12.1 Å². The molecule has 7 nitrogen and oxygen atoms in total. The maximum Gasteiger partial charge on any atom is 0.224 e. The largest absolute Gasteiger partial charge is 0.355 e. The molecule has 3 aromatic carbocycles. The molecule has 40 heavy (non-hydrogen) atoms. The molecule has 3 heterocycles. The zero-order valence-corrected chi connectivity index (χ0v) is 22.9. The van der Waals surface area contributed by atoms with Gasteiger partial charge in [-0.25, -0.2) is 19.3 Å². The molecule has 10 heteroatoms. The van der Waals surface area contributed by atoms with Crippen LogP contribution in [0.4, 0.5) is 10.2 Å². The summed E-state index contributed by atoms with van der Waals surface area (Å²) in [7, 11) is 0. The number of nitrogens with one attached hydrogen (secondary N) is 1. The lowest BCUT2D eigenvalue weighted by molar-refractivity contribution is -0.121. The number of imidazole rings is 1. The average molecular weight is 575 g/mol. The van der Waals surface area contributed by atoms with Crippen molar-refractivity contribution in [1.82, 2.24) is 24.8 Å². The van der Waals surface area contributed by atoms with Crippen molar-refractivity contribution in [3.8, 4) is 17.1 Å². The maximum atomic E-state index is 13.2. The van der Waals surface area contributed by atoms with Gasteiger partial charge >= 0.3 is 0 Å².